The summed E-state index contributed by atoms with van der Waals surface area (Å²) in [5.41, 5.74) is 0. The van der Waals surface area contributed by atoms with Gasteiger partial charge in [0.15, 0.2) is 0 Å². The zero-order chi connectivity index (χ0) is 7.56. The van der Waals surface area contributed by atoms with E-state index >= 15 is 0 Å². The highest BCUT2D eigenvalue weighted by atomic mass is 16.3. The monoisotopic (exact) mass is 143 g/mol. The van der Waals surface area contributed by atoms with Crippen molar-refractivity contribution < 1.29 is 5.11 Å². The third-order valence-corrected chi connectivity index (χ3v) is 2.31. The van der Waals surface area contributed by atoms with E-state index in [4.69, 9.17) is 5.11 Å². The highest BCUT2D eigenvalue weighted by Gasteiger charge is 2.22. The molecule has 60 valence electrons. The lowest BCUT2D eigenvalue weighted by atomic mass is 10.1. The van der Waals surface area contributed by atoms with Gasteiger partial charge in [0, 0.05) is 19.2 Å². The molecule has 0 amide bonds. The molecule has 0 aliphatic carbocycles. The molecule has 1 aliphatic heterocycles. The average Bonchev–Trinajstić information content (AvgIpc) is 2.34. The van der Waals surface area contributed by atoms with Crippen molar-refractivity contribution in [3.63, 3.8) is 0 Å². The number of aliphatic hydroxyl groups excluding tert-OH is 1. The van der Waals surface area contributed by atoms with Crippen molar-refractivity contribution in [2.75, 3.05) is 19.7 Å². The number of hydrogen-bond acceptors (Lipinski definition) is 2. The minimum atomic E-state index is 0.364. The van der Waals surface area contributed by atoms with Crippen LogP contribution in [0.1, 0.15) is 20.3 Å². The van der Waals surface area contributed by atoms with Crippen molar-refractivity contribution in [2.45, 2.75) is 26.3 Å². The zero-order valence-corrected chi connectivity index (χ0v) is 6.88. The van der Waals surface area contributed by atoms with Crippen LogP contribution in [0.3, 0.4) is 0 Å². The summed E-state index contributed by atoms with van der Waals surface area (Å²) in [4.78, 5) is 2.42. The maximum atomic E-state index is 8.84. The molecule has 1 unspecified atom stereocenters. The summed E-state index contributed by atoms with van der Waals surface area (Å²) in [6.07, 6.45) is 1.18. The molecule has 1 rings (SSSR count). The molecule has 2 nitrogen and oxygen atoms in total. The lowest BCUT2D eigenvalue weighted by Gasteiger charge is -2.19. The molecule has 0 aromatic heterocycles. The first-order valence-corrected chi connectivity index (χ1v) is 4.09. The predicted octanol–water partition coefficient (Wildman–Crippen LogP) is 0.709. The van der Waals surface area contributed by atoms with Crippen molar-refractivity contribution in [1.29, 1.82) is 0 Å². The molecule has 0 radical (unpaired) electrons. The van der Waals surface area contributed by atoms with Crippen molar-refractivity contribution in [3.05, 3.63) is 0 Å². The van der Waals surface area contributed by atoms with Crippen LogP contribution in [-0.4, -0.2) is 35.7 Å². The van der Waals surface area contributed by atoms with E-state index in [1.807, 2.05) is 0 Å². The smallest absolute Gasteiger partial charge is 0.0471 e. The lowest BCUT2D eigenvalue weighted by molar-refractivity contribution is 0.209. The summed E-state index contributed by atoms with van der Waals surface area (Å²) >= 11 is 0. The first-order valence-electron chi connectivity index (χ1n) is 4.09. The molecule has 1 aliphatic rings. The first-order chi connectivity index (χ1) is 4.74. The van der Waals surface area contributed by atoms with Crippen LogP contribution in [0.4, 0.5) is 0 Å². The predicted molar refractivity (Wildman–Crippen MR) is 41.9 cm³/mol. The molecular formula is C8H17NO. The van der Waals surface area contributed by atoms with Gasteiger partial charge in [-0.25, -0.2) is 0 Å². The van der Waals surface area contributed by atoms with Gasteiger partial charge in [-0.05, 0) is 32.7 Å². The number of likely N-dealkylation sites (tertiary alicyclic amines) is 1. The average molecular weight is 143 g/mol. The highest BCUT2D eigenvalue weighted by molar-refractivity contribution is 4.76. The number of nitrogens with zero attached hydrogens (tertiary/aromatic N) is 1. The summed E-state index contributed by atoms with van der Waals surface area (Å²) in [7, 11) is 0. The Labute approximate surface area is 62.8 Å². The molecule has 0 bridgehead atoms. The van der Waals surface area contributed by atoms with E-state index in [-0.39, 0.29) is 0 Å². The van der Waals surface area contributed by atoms with Crippen molar-refractivity contribution in [1.82, 2.24) is 4.90 Å². The Kier molecular flexibility index (Phi) is 2.69. The van der Waals surface area contributed by atoms with Gasteiger partial charge in [0.2, 0.25) is 0 Å². The van der Waals surface area contributed by atoms with Crippen LogP contribution in [0, 0.1) is 5.92 Å². The lowest BCUT2D eigenvalue weighted by Crippen LogP contribution is -2.28. The maximum absolute atomic E-state index is 8.84. The Morgan fingerprint density at radius 3 is 2.60 bits per heavy atom. The Hall–Kier alpha value is -0.0800. The van der Waals surface area contributed by atoms with Crippen LogP contribution in [0.2, 0.25) is 0 Å². The molecule has 1 heterocycles. The third-order valence-electron chi connectivity index (χ3n) is 2.31. The molecule has 0 saturated carbocycles. The van der Waals surface area contributed by atoms with Crippen molar-refractivity contribution in [2.24, 2.45) is 5.92 Å². The van der Waals surface area contributed by atoms with Crippen molar-refractivity contribution in [3.8, 4) is 0 Å². The second-order valence-corrected chi connectivity index (χ2v) is 3.43. The van der Waals surface area contributed by atoms with Gasteiger partial charge in [0.1, 0.15) is 0 Å². The topological polar surface area (TPSA) is 23.5 Å². The van der Waals surface area contributed by atoms with Crippen LogP contribution < -0.4 is 0 Å². The van der Waals surface area contributed by atoms with E-state index in [2.05, 4.69) is 18.7 Å². The van der Waals surface area contributed by atoms with Gasteiger partial charge in [-0.1, -0.05) is 0 Å². The van der Waals surface area contributed by atoms with E-state index in [0.717, 1.165) is 6.54 Å². The Bertz CT molecular complexity index is 103. The molecule has 1 N–H and O–H groups in total. The van der Waals surface area contributed by atoms with E-state index in [9.17, 15) is 0 Å². The fourth-order valence-corrected chi connectivity index (χ4v) is 1.48. The zero-order valence-electron chi connectivity index (χ0n) is 6.88. The van der Waals surface area contributed by atoms with E-state index in [0.29, 0.717) is 18.6 Å². The minimum Gasteiger partial charge on any atom is -0.396 e. The second kappa shape index (κ2) is 3.35. The summed E-state index contributed by atoms with van der Waals surface area (Å²) < 4.78 is 0. The molecule has 1 fully saturated rings. The summed E-state index contributed by atoms with van der Waals surface area (Å²) in [6.45, 7) is 7.04. The summed E-state index contributed by atoms with van der Waals surface area (Å²) in [5.74, 6) is 0.544. The number of rotatable bonds is 2. The van der Waals surface area contributed by atoms with E-state index in [1.165, 1.54) is 13.0 Å². The molecule has 1 saturated heterocycles. The fourth-order valence-electron chi connectivity index (χ4n) is 1.48. The van der Waals surface area contributed by atoms with Gasteiger partial charge in [0.25, 0.3) is 0 Å². The molecule has 10 heavy (non-hydrogen) atoms. The van der Waals surface area contributed by atoms with Crippen LogP contribution in [-0.2, 0) is 0 Å². The van der Waals surface area contributed by atoms with E-state index in [1.54, 1.807) is 0 Å². The standard InChI is InChI=1S/C8H17NO/c1-7(2)9-4-3-8(5-9)6-10/h7-8,10H,3-6H2,1-2H3. The minimum absolute atomic E-state index is 0.364. The van der Waals surface area contributed by atoms with E-state index < -0.39 is 0 Å². The van der Waals surface area contributed by atoms with Gasteiger partial charge in [0.05, 0.1) is 0 Å². The van der Waals surface area contributed by atoms with Crippen molar-refractivity contribution >= 4 is 0 Å². The largest absolute Gasteiger partial charge is 0.396 e. The second-order valence-electron chi connectivity index (χ2n) is 3.43. The Balaban J connectivity index is 2.28. The van der Waals surface area contributed by atoms with Gasteiger partial charge in [-0.2, -0.15) is 0 Å². The van der Waals surface area contributed by atoms with Gasteiger partial charge in [-0.3, -0.25) is 0 Å². The molecule has 0 aromatic rings. The third kappa shape index (κ3) is 1.70. The first kappa shape index (κ1) is 8.02. The molecule has 0 aromatic carbocycles. The van der Waals surface area contributed by atoms with Crippen LogP contribution in [0.15, 0.2) is 0 Å². The SMILES string of the molecule is CC(C)N1CCC(CO)C1. The van der Waals surface area contributed by atoms with Gasteiger partial charge >= 0.3 is 0 Å². The molecule has 2 heteroatoms. The van der Waals surface area contributed by atoms with Gasteiger partial charge in [-0.15, -0.1) is 0 Å². The summed E-state index contributed by atoms with van der Waals surface area (Å²) in [5, 5.41) is 8.84. The highest BCUT2D eigenvalue weighted by Crippen LogP contribution is 2.17. The molecular weight excluding hydrogens is 126 g/mol. The summed E-state index contributed by atoms with van der Waals surface area (Å²) in [6, 6.07) is 0.650. The Morgan fingerprint density at radius 1 is 1.60 bits per heavy atom. The number of aliphatic hydroxyl groups is 1. The number of hydrogen-bond donors (Lipinski definition) is 1. The van der Waals surface area contributed by atoms with Crippen LogP contribution in [0.25, 0.3) is 0 Å². The van der Waals surface area contributed by atoms with Crippen LogP contribution >= 0.6 is 0 Å². The quantitative estimate of drug-likeness (QED) is 0.615. The molecule has 1 atom stereocenters. The van der Waals surface area contributed by atoms with Gasteiger partial charge < -0.3 is 10.0 Å². The normalized spacial score (nSPS) is 28.2. The van der Waals surface area contributed by atoms with Crippen LogP contribution in [0.5, 0.6) is 0 Å². The Morgan fingerprint density at radius 2 is 2.30 bits per heavy atom. The molecule has 0 spiro atoms. The maximum Gasteiger partial charge on any atom is 0.0471 e. The fraction of sp³-hybridized carbons (Fsp3) is 1.00.